The second kappa shape index (κ2) is 6.38. The van der Waals surface area contributed by atoms with Crippen LogP contribution in [0.2, 0.25) is 0 Å². The lowest BCUT2D eigenvalue weighted by molar-refractivity contribution is 0.0761. The largest absolute Gasteiger partial charge is 0.339 e. The van der Waals surface area contributed by atoms with E-state index in [0.29, 0.717) is 0 Å². The van der Waals surface area contributed by atoms with Gasteiger partial charge in [0.15, 0.2) is 0 Å². The highest BCUT2D eigenvalue weighted by molar-refractivity contribution is 5.95. The number of rotatable bonds is 5. The molecule has 94 valence electrons. The van der Waals surface area contributed by atoms with E-state index in [4.69, 9.17) is 0 Å². The van der Waals surface area contributed by atoms with E-state index in [1.165, 1.54) is 0 Å². The third kappa shape index (κ3) is 3.55. The van der Waals surface area contributed by atoms with Crippen molar-refractivity contribution in [2.24, 2.45) is 0 Å². The first-order valence-corrected chi connectivity index (χ1v) is 6.33. The Bertz CT molecular complexity index is 388. The molecule has 0 aliphatic heterocycles. The molecule has 0 aromatic carbocycles. The molecule has 0 saturated heterocycles. The molecule has 0 fully saturated rings. The number of pyridine rings is 1. The molecule has 0 aliphatic rings. The van der Waals surface area contributed by atoms with Crippen LogP contribution in [0.15, 0.2) is 12.1 Å². The third-order valence-electron chi connectivity index (χ3n) is 2.91. The summed E-state index contributed by atoms with van der Waals surface area (Å²) in [6.07, 6.45) is 2.16. The van der Waals surface area contributed by atoms with Crippen molar-refractivity contribution < 1.29 is 4.79 Å². The van der Waals surface area contributed by atoms with Gasteiger partial charge < -0.3 is 4.90 Å². The van der Waals surface area contributed by atoms with E-state index in [0.717, 1.165) is 42.9 Å². The van der Waals surface area contributed by atoms with Crippen molar-refractivity contribution in [2.75, 3.05) is 13.1 Å². The first kappa shape index (κ1) is 13.7. The molecular weight excluding hydrogens is 212 g/mol. The van der Waals surface area contributed by atoms with Crippen molar-refractivity contribution in [3.63, 3.8) is 0 Å². The summed E-state index contributed by atoms with van der Waals surface area (Å²) in [5.74, 6) is 0.103. The summed E-state index contributed by atoms with van der Waals surface area (Å²) in [7, 11) is 0. The van der Waals surface area contributed by atoms with Gasteiger partial charge in [0.1, 0.15) is 0 Å². The van der Waals surface area contributed by atoms with Crippen LogP contribution in [-0.2, 0) is 0 Å². The summed E-state index contributed by atoms with van der Waals surface area (Å²) >= 11 is 0. The molecule has 3 heteroatoms. The fraction of sp³-hybridized carbons (Fsp3) is 0.571. The van der Waals surface area contributed by atoms with Gasteiger partial charge in [-0.25, -0.2) is 0 Å². The quantitative estimate of drug-likeness (QED) is 0.784. The highest BCUT2D eigenvalue weighted by atomic mass is 16.2. The van der Waals surface area contributed by atoms with E-state index >= 15 is 0 Å². The van der Waals surface area contributed by atoms with Crippen molar-refractivity contribution in [2.45, 2.75) is 40.5 Å². The molecule has 0 N–H and O–H groups in total. The Morgan fingerprint density at radius 2 is 2.00 bits per heavy atom. The molecule has 0 aliphatic carbocycles. The fourth-order valence-corrected chi connectivity index (χ4v) is 1.84. The molecule has 1 aromatic heterocycles. The molecule has 0 saturated carbocycles. The van der Waals surface area contributed by atoms with Gasteiger partial charge in [-0.15, -0.1) is 0 Å². The number of carbonyl (C=O) groups excluding carboxylic acids is 1. The van der Waals surface area contributed by atoms with Gasteiger partial charge in [-0.2, -0.15) is 0 Å². The van der Waals surface area contributed by atoms with Crippen molar-refractivity contribution >= 4 is 5.91 Å². The second-order valence-electron chi connectivity index (χ2n) is 4.32. The number of aryl methyl sites for hydroxylation is 2. The van der Waals surface area contributed by atoms with E-state index < -0.39 is 0 Å². The maximum absolute atomic E-state index is 12.3. The molecule has 17 heavy (non-hydrogen) atoms. The number of carbonyl (C=O) groups is 1. The van der Waals surface area contributed by atoms with Gasteiger partial charge >= 0.3 is 0 Å². The zero-order valence-electron chi connectivity index (χ0n) is 11.3. The Balaban J connectivity index is 2.86. The fourth-order valence-electron chi connectivity index (χ4n) is 1.84. The summed E-state index contributed by atoms with van der Waals surface area (Å²) < 4.78 is 0. The van der Waals surface area contributed by atoms with Crippen molar-refractivity contribution in [3.05, 3.63) is 29.1 Å². The number of hydrogen-bond donors (Lipinski definition) is 0. The Labute approximate surface area is 104 Å². The van der Waals surface area contributed by atoms with Gasteiger partial charge in [-0.05, 0) is 39.3 Å². The number of aromatic nitrogens is 1. The standard InChI is InChI=1S/C14H22N2O/c1-5-7-10-16(6-2)14(17)13-9-8-11(3)15-12(13)4/h8-9H,5-7,10H2,1-4H3. The Kier molecular flexibility index (Phi) is 5.13. The zero-order chi connectivity index (χ0) is 12.8. The predicted octanol–water partition coefficient (Wildman–Crippen LogP) is 2.96. The average Bonchev–Trinajstić information content (AvgIpc) is 2.29. The lowest BCUT2D eigenvalue weighted by Gasteiger charge is -2.21. The van der Waals surface area contributed by atoms with Crippen LogP contribution in [0.5, 0.6) is 0 Å². The van der Waals surface area contributed by atoms with Crippen LogP contribution in [0.3, 0.4) is 0 Å². The Morgan fingerprint density at radius 1 is 1.29 bits per heavy atom. The summed E-state index contributed by atoms with van der Waals surface area (Å²) in [6, 6.07) is 3.78. The molecule has 0 bridgehead atoms. The summed E-state index contributed by atoms with van der Waals surface area (Å²) in [6.45, 7) is 9.58. The van der Waals surface area contributed by atoms with Crippen LogP contribution in [0.25, 0.3) is 0 Å². The Hall–Kier alpha value is -1.38. The minimum Gasteiger partial charge on any atom is -0.339 e. The van der Waals surface area contributed by atoms with Gasteiger partial charge in [0, 0.05) is 18.8 Å². The third-order valence-corrected chi connectivity index (χ3v) is 2.91. The average molecular weight is 234 g/mol. The number of hydrogen-bond acceptors (Lipinski definition) is 2. The lowest BCUT2D eigenvalue weighted by Crippen LogP contribution is -2.32. The number of nitrogens with zero attached hydrogens (tertiary/aromatic N) is 2. The molecule has 1 heterocycles. The normalized spacial score (nSPS) is 10.4. The SMILES string of the molecule is CCCCN(CC)C(=O)c1ccc(C)nc1C. The van der Waals surface area contributed by atoms with Crippen LogP contribution in [0.4, 0.5) is 0 Å². The monoisotopic (exact) mass is 234 g/mol. The lowest BCUT2D eigenvalue weighted by atomic mass is 10.1. The van der Waals surface area contributed by atoms with E-state index in [-0.39, 0.29) is 5.91 Å². The van der Waals surface area contributed by atoms with Crippen LogP contribution in [0.1, 0.15) is 48.4 Å². The molecular formula is C14H22N2O. The van der Waals surface area contributed by atoms with E-state index in [9.17, 15) is 4.79 Å². The van der Waals surface area contributed by atoms with Crippen LogP contribution in [-0.4, -0.2) is 28.9 Å². The van der Waals surface area contributed by atoms with Crippen LogP contribution < -0.4 is 0 Å². The predicted molar refractivity (Wildman–Crippen MR) is 70.2 cm³/mol. The van der Waals surface area contributed by atoms with Crippen LogP contribution in [0, 0.1) is 13.8 Å². The molecule has 1 amide bonds. The first-order valence-electron chi connectivity index (χ1n) is 6.33. The van der Waals surface area contributed by atoms with Crippen molar-refractivity contribution in [1.29, 1.82) is 0 Å². The van der Waals surface area contributed by atoms with E-state index in [1.807, 2.05) is 37.8 Å². The molecule has 1 aromatic rings. The minimum absolute atomic E-state index is 0.103. The molecule has 3 nitrogen and oxygen atoms in total. The van der Waals surface area contributed by atoms with Gasteiger partial charge in [0.05, 0.1) is 11.3 Å². The second-order valence-corrected chi connectivity index (χ2v) is 4.32. The van der Waals surface area contributed by atoms with Crippen LogP contribution >= 0.6 is 0 Å². The molecule has 0 atom stereocenters. The molecule has 1 rings (SSSR count). The summed E-state index contributed by atoms with van der Waals surface area (Å²) in [5, 5.41) is 0. The topological polar surface area (TPSA) is 33.2 Å². The van der Waals surface area contributed by atoms with E-state index in [2.05, 4.69) is 11.9 Å². The summed E-state index contributed by atoms with van der Waals surface area (Å²) in [4.78, 5) is 18.5. The summed E-state index contributed by atoms with van der Waals surface area (Å²) in [5.41, 5.74) is 2.51. The highest BCUT2D eigenvalue weighted by Gasteiger charge is 2.16. The van der Waals surface area contributed by atoms with E-state index in [1.54, 1.807) is 0 Å². The minimum atomic E-state index is 0.103. The van der Waals surface area contributed by atoms with Gasteiger partial charge in [0.2, 0.25) is 0 Å². The number of unbranched alkanes of at least 4 members (excludes halogenated alkanes) is 1. The van der Waals surface area contributed by atoms with Crippen molar-refractivity contribution in [3.8, 4) is 0 Å². The number of amides is 1. The molecule has 0 unspecified atom stereocenters. The maximum Gasteiger partial charge on any atom is 0.255 e. The zero-order valence-corrected chi connectivity index (χ0v) is 11.3. The first-order chi connectivity index (χ1) is 8.10. The molecule has 0 spiro atoms. The molecule has 0 radical (unpaired) electrons. The van der Waals surface area contributed by atoms with Gasteiger partial charge in [-0.3, -0.25) is 9.78 Å². The van der Waals surface area contributed by atoms with Gasteiger partial charge in [-0.1, -0.05) is 13.3 Å². The van der Waals surface area contributed by atoms with Gasteiger partial charge in [0.25, 0.3) is 5.91 Å². The maximum atomic E-state index is 12.3. The highest BCUT2D eigenvalue weighted by Crippen LogP contribution is 2.10. The Morgan fingerprint density at radius 3 is 2.53 bits per heavy atom. The van der Waals surface area contributed by atoms with Crippen molar-refractivity contribution in [1.82, 2.24) is 9.88 Å². The smallest absolute Gasteiger partial charge is 0.255 e.